The first-order valence-corrected chi connectivity index (χ1v) is 8.52. The molecule has 0 fully saturated rings. The molecule has 138 valence electrons. The van der Waals surface area contributed by atoms with Crippen LogP contribution in [0.2, 0.25) is 0 Å². The van der Waals surface area contributed by atoms with E-state index < -0.39 is 12.0 Å². The van der Waals surface area contributed by atoms with E-state index in [0.29, 0.717) is 28.5 Å². The van der Waals surface area contributed by atoms with Gasteiger partial charge in [-0.3, -0.25) is 14.5 Å². The number of alkyl halides is 2. The van der Waals surface area contributed by atoms with Crippen LogP contribution < -0.4 is 15.2 Å². The topological polar surface area (TPSA) is 62.4 Å². The lowest BCUT2D eigenvalue weighted by Gasteiger charge is -2.34. The van der Waals surface area contributed by atoms with Crippen LogP contribution in [0.15, 0.2) is 53.3 Å². The molecule has 0 saturated carbocycles. The predicted molar refractivity (Wildman–Crippen MR) is 97.2 cm³/mol. The number of hydrogen-bond acceptors (Lipinski definition) is 3. The van der Waals surface area contributed by atoms with Crippen molar-refractivity contribution in [3.63, 3.8) is 0 Å². The van der Waals surface area contributed by atoms with Crippen molar-refractivity contribution in [1.82, 2.24) is 4.98 Å². The summed E-state index contributed by atoms with van der Waals surface area (Å²) >= 11 is 0. The van der Waals surface area contributed by atoms with Crippen LogP contribution in [0.5, 0.6) is 5.75 Å². The number of anilines is 1. The maximum absolute atomic E-state index is 14.3. The van der Waals surface area contributed by atoms with Gasteiger partial charge in [0.1, 0.15) is 0 Å². The lowest BCUT2D eigenvalue weighted by Crippen LogP contribution is -2.50. The molecule has 2 heterocycles. The molecule has 0 unspecified atom stereocenters. The highest BCUT2D eigenvalue weighted by Gasteiger charge is 2.51. The number of H-pyrrole nitrogens is 1. The lowest BCUT2D eigenvalue weighted by atomic mass is 10.1. The molecular weight excluding hydrogens is 354 g/mol. The summed E-state index contributed by atoms with van der Waals surface area (Å²) in [5, 5.41) is 0.688. The minimum atomic E-state index is -3.96. The number of nitrogens with one attached hydrogen (secondary N) is 1. The molecule has 5 nitrogen and oxygen atoms in total. The van der Waals surface area contributed by atoms with E-state index in [9.17, 15) is 18.4 Å². The number of carbonyl (C=O) groups excluding carboxylic acids is 1. The molecular formula is C20H16F2N2O3. The molecule has 0 saturated heterocycles. The van der Waals surface area contributed by atoms with Gasteiger partial charge in [-0.1, -0.05) is 37.3 Å². The number of benzene rings is 2. The first kappa shape index (κ1) is 17.2. The minimum Gasteiger partial charge on any atom is -0.423 e. The molecule has 2 aromatic carbocycles. The number of pyridine rings is 1. The van der Waals surface area contributed by atoms with Crippen molar-refractivity contribution in [3.05, 3.63) is 70.0 Å². The van der Waals surface area contributed by atoms with E-state index in [2.05, 4.69) is 4.98 Å². The quantitative estimate of drug-likeness (QED) is 0.766. The minimum absolute atomic E-state index is 0.00116. The molecule has 0 spiro atoms. The zero-order valence-electron chi connectivity index (χ0n) is 14.5. The third-order valence-electron chi connectivity index (χ3n) is 4.64. The summed E-state index contributed by atoms with van der Waals surface area (Å²) in [6, 6.07) is 13.3. The van der Waals surface area contributed by atoms with Crippen LogP contribution in [0, 0.1) is 0 Å². The zero-order valence-corrected chi connectivity index (χ0v) is 14.5. The van der Waals surface area contributed by atoms with Gasteiger partial charge in [0.05, 0.1) is 12.2 Å². The number of amides is 1. The number of fused-ring (bicyclic) bond motifs is 2. The number of ether oxygens (including phenoxy) is 1. The summed E-state index contributed by atoms with van der Waals surface area (Å²) in [6.45, 7) is 1.66. The molecule has 1 N–H and O–H groups in total. The Bertz CT molecular complexity index is 1110. The summed E-state index contributed by atoms with van der Waals surface area (Å²) < 4.78 is 33.3. The van der Waals surface area contributed by atoms with Crippen molar-refractivity contribution in [2.75, 3.05) is 4.90 Å². The van der Waals surface area contributed by atoms with Gasteiger partial charge in [0, 0.05) is 17.0 Å². The second-order valence-electron chi connectivity index (χ2n) is 6.33. The Hall–Kier alpha value is -3.22. The van der Waals surface area contributed by atoms with Gasteiger partial charge in [-0.2, -0.15) is 8.78 Å². The summed E-state index contributed by atoms with van der Waals surface area (Å²) in [5.74, 6) is -1.45. The maximum atomic E-state index is 14.3. The van der Waals surface area contributed by atoms with E-state index in [-0.39, 0.29) is 23.5 Å². The van der Waals surface area contributed by atoms with E-state index in [1.54, 1.807) is 42.5 Å². The highest BCUT2D eigenvalue weighted by atomic mass is 19.3. The number of halogens is 2. The smallest absolute Gasteiger partial charge is 0.423 e. The molecule has 1 amide bonds. The Morgan fingerprint density at radius 2 is 1.85 bits per heavy atom. The van der Waals surface area contributed by atoms with Crippen molar-refractivity contribution >= 4 is 22.5 Å². The molecule has 27 heavy (non-hydrogen) atoms. The van der Waals surface area contributed by atoms with Crippen LogP contribution >= 0.6 is 0 Å². The predicted octanol–water partition coefficient (Wildman–Crippen LogP) is 3.61. The number of hydrogen-bond donors (Lipinski definition) is 1. The first-order valence-electron chi connectivity index (χ1n) is 8.52. The molecule has 7 heteroatoms. The van der Waals surface area contributed by atoms with Crippen molar-refractivity contribution in [2.24, 2.45) is 0 Å². The fraction of sp³-hybridized carbons (Fsp3) is 0.200. The number of carbonyl (C=O) groups is 1. The molecule has 3 aromatic rings. The molecule has 0 radical (unpaired) electrons. The molecule has 0 atom stereocenters. The van der Waals surface area contributed by atoms with Crippen molar-refractivity contribution in [3.8, 4) is 5.75 Å². The fourth-order valence-corrected chi connectivity index (χ4v) is 3.35. The number of nitrogens with zero attached hydrogens (tertiary/aromatic N) is 1. The van der Waals surface area contributed by atoms with Crippen molar-refractivity contribution in [1.29, 1.82) is 0 Å². The summed E-state index contributed by atoms with van der Waals surface area (Å²) in [6.07, 6.45) is -3.48. The van der Waals surface area contributed by atoms with Gasteiger partial charge in [0.15, 0.2) is 5.75 Å². The molecule has 1 aromatic heterocycles. The zero-order chi connectivity index (χ0) is 19.2. The Labute approximate surface area is 153 Å². The molecule has 1 aliphatic heterocycles. The van der Waals surface area contributed by atoms with Gasteiger partial charge < -0.3 is 9.72 Å². The van der Waals surface area contributed by atoms with Crippen LogP contribution in [-0.2, 0) is 17.8 Å². The van der Waals surface area contributed by atoms with E-state index in [1.807, 2.05) is 6.92 Å². The van der Waals surface area contributed by atoms with E-state index in [0.717, 1.165) is 4.90 Å². The Morgan fingerprint density at radius 3 is 2.63 bits per heavy atom. The van der Waals surface area contributed by atoms with Gasteiger partial charge in [-0.15, -0.1) is 0 Å². The van der Waals surface area contributed by atoms with Crippen LogP contribution in [0.1, 0.15) is 18.1 Å². The second kappa shape index (κ2) is 6.19. The third kappa shape index (κ3) is 2.85. The monoisotopic (exact) mass is 370 g/mol. The van der Waals surface area contributed by atoms with Crippen LogP contribution in [0.4, 0.5) is 14.5 Å². The van der Waals surface area contributed by atoms with Gasteiger partial charge >= 0.3 is 12.0 Å². The summed E-state index contributed by atoms with van der Waals surface area (Å²) in [7, 11) is 0. The SMILES string of the molecule is CCc1cccc2c1OC(F)(F)C(=O)N2Cc1cc(=O)[nH]c2ccccc12. The van der Waals surface area contributed by atoms with Crippen LogP contribution in [0.25, 0.3) is 10.9 Å². The van der Waals surface area contributed by atoms with E-state index in [4.69, 9.17) is 4.74 Å². The van der Waals surface area contributed by atoms with Gasteiger partial charge in [0.25, 0.3) is 0 Å². The number of para-hydroxylation sites is 2. The Morgan fingerprint density at radius 1 is 1.07 bits per heavy atom. The number of aromatic nitrogens is 1. The first-order chi connectivity index (χ1) is 12.9. The van der Waals surface area contributed by atoms with Gasteiger partial charge in [0.2, 0.25) is 5.56 Å². The fourth-order valence-electron chi connectivity index (χ4n) is 3.35. The highest BCUT2D eigenvalue weighted by molar-refractivity contribution is 6.01. The van der Waals surface area contributed by atoms with Crippen LogP contribution in [0.3, 0.4) is 0 Å². The lowest BCUT2D eigenvalue weighted by molar-refractivity contribution is -0.193. The summed E-state index contributed by atoms with van der Waals surface area (Å²) in [4.78, 5) is 28.1. The third-order valence-corrected chi connectivity index (χ3v) is 4.64. The van der Waals surface area contributed by atoms with Crippen LogP contribution in [-0.4, -0.2) is 17.0 Å². The standard InChI is InChI=1S/C20H16F2N2O3/c1-2-12-6-5-9-16-18(12)27-20(21,22)19(26)24(16)11-13-10-17(25)23-15-8-4-3-7-14(13)15/h3-10H,2,11H2,1H3,(H,23,25). The average molecular weight is 370 g/mol. The highest BCUT2D eigenvalue weighted by Crippen LogP contribution is 2.42. The number of rotatable bonds is 3. The normalized spacial score (nSPS) is 15.5. The number of aromatic amines is 1. The van der Waals surface area contributed by atoms with Gasteiger partial charge in [-0.05, 0) is 29.7 Å². The number of aryl methyl sites for hydroxylation is 1. The maximum Gasteiger partial charge on any atom is 0.483 e. The molecule has 4 rings (SSSR count). The van der Waals surface area contributed by atoms with E-state index in [1.165, 1.54) is 6.07 Å². The molecule has 1 aliphatic rings. The largest absolute Gasteiger partial charge is 0.483 e. The van der Waals surface area contributed by atoms with E-state index >= 15 is 0 Å². The summed E-state index contributed by atoms with van der Waals surface area (Å²) in [5.41, 5.74) is 1.55. The average Bonchev–Trinajstić information content (AvgIpc) is 2.64. The second-order valence-corrected chi connectivity index (χ2v) is 6.33. The Balaban J connectivity index is 1.88. The molecule has 0 bridgehead atoms. The van der Waals surface area contributed by atoms with Gasteiger partial charge in [-0.25, -0.2) is 0 Å². The van der Waals surface area contributed by atoms with Crippen molar-refractivity contribution in [2.45, 2.75) is 26.0 Å². The Kier molecular flexibility index (Phi) is 3.95. The molecule has 0 aliphatic carbocycles. The van der Waals surface area contributed by atoms with Crippen molar-refractivity contribution < 1.29 is 18.3 Å².